The predicted octanol–water partition coefficient (Wildman–Crippen LogP) is 0.869. The van der Waals surface area contributed by atoms with Crippen molar-refractivity contribution in [3.8, 4) is 0 Å². The Bertz CT molecular complexity index is 587. The Morgan fingerprint density at radius 3 is 2.67 bits per heavy atom. The Hall–Kier alpha value is -2.38. The molecule has 1 aromatic rings. The van der Waals surface area contributed by atoms with E-state index in [1.807, 2.05) is 0 Å². The fraction of sp³-hybridized carbons (Fsp3) is 0.538. The first kappa shape index (κ1) is 13.6. The summed E-state index contributed by atoms with van der Waals surface area (Å²) in [5, 5.41) is 0.713. The number of amides is 4. The van der Waals surface area contributed by atoms with Crippen molar-refractivity contribution in [1.82, 2.24) is 20.3 Å². The van der Waals surface area contributed by atoms with E-state index >= 15 is 0 Å². The smallest absolute Gasteiger partial charge is 0.346 e. The number of hydrazine groups is 1. The van der Waals surface area contributed by atoms with Gasteiger partial charge in [-0.1, -0.05) is 6.42 Å². The summed E-state index contributed by atoms with van der Waals surface area (Å²) in [4.78, 5) is 41.1. The summed E-state index contributed by atoms with van der Waals surface area (Å²) < 4.78 is 5.28. The molecule has 0 aromatic carbocycles. The molecule has 0 bridgehead atoms. The van der Waals surface area contributed by atoms with Crippen LogP contribution in [-0.4, -0.2) is 45.8 Å². The number of likely N-dealkylation sites (N-methyl/N-ethyl adjacent to an activating group) is 1. The lowest BCUT2D eigenvalue weighted by Crippen LogP contribution is -2.46. The van der Waals surface area contributed by atoms with Gasteiger partial charge in [-0.3, -0.25) is 15.0 Å². The number of hydrogen-bond acceptors (Lipinski definition) is 5. The number of nitrogens with zero attached hydrogens (tertiary/aromatic N) is 3. The van der Waals surface area contributed by atoms with Crippen LogP contribution in [-0.2, 0) is 4.79 Å². The van der Waals surface area contributed by atoms with Crippen LogP contribution in [0.25, 0.3) is 0 Å². The monoisotopic (exact) mass is 292 g/mol. The number of oxazole rings is 1. The highest BCUT2D eigenvalue weighted by Crippen LogP contribution is 2.35. The molecular formula is C13H16N4O4. The van der Waals surface area contributed by atoms with Crippen LogP contribution in [0.3, 0.4) is 0 Å². The molecule has 2 heterocycles. The Morgan fingerprint density at radius 1 is 1.43 bits per heavy atom. The molecule has 1 aliphatic heterocycles. The maximum Gasteiger partial charge on any atom is 0.346 e. The van der Waals surface area contributed by atoms with Crippen LogP contribution in [0.4, 0.5) is 4.79 Å². The van der Waals surface area contributed by atoms with Crippen molar-refractivity contribution in [2.45, 2.75) is 38.1 Å². The minimum Gasteiger partial charge on any atom is -0.448 e. The van der Waals surface area contributed by atoms with E-state index < -0.39 is 23.9 Å². The highest BCUT2D eigenvalue weighted by atomic mass is 16.3. The molecule has 8 nitrogen and oxygen atoms in total. The summed E-state index contributed by atoms with van der Waals surface area (Å²) in [5.41, 5.74) is 2.34. The van der Waals surface area contributed by atoms with E-state index in [1.54, 1.807) is 6.92 Å². The average Bonchev–Trinajstić information content (AvgIpc) is 2.94. The third-order valence-electron chi connectivity index (χ3n) is 4.07. The molecule has 0 radical (unpaired) electrons. The molecule has 1 unspecified atom stereocenters. The second kappa shape index (κ2) is 4.87. The second-order valence-electron chi connectivity index (χ2n) is 5.38. The molecule has 4 amide bonds. The Balaban J connectivity index is 1.70. The van der Waals surface area contributed by atoms with Gasteiger partial charge in [0, 0.05) is 13.0 Å². The van der Waals surface area contributed by atoms with Crippen molar-refractivity contribution in [2.75, 3.05) is 7.05 Å². The minimum atomic E-state index is -0.631. The zero-order valence-electron chi connectivity index (χ0n) is 11.8. The van der Waals surface area contributed by atoms with Gasteiger partial charge in [0.15, 0.2) is 11.6 Å². The molecule has 112 valence electrons. The number of nitrogens with one attached hydrogen (secondary N) is 1. The van der Waals surface area contributed by atoms with Crippen molar-refractivity contribution >= 4 is 17.8 Å². The number of rotatable bonds is 3. The number of urea groups is 1. The van der Waals surface area contributed by atoms with Crippen LogP contribution >= 0.6 is 0 Å². The maximum absolute atomic E-state index is 12.0. The van der Waals surface area contributed by atoms with Crippen LogP contribution in [0.2, 0.25) is 0 Å². The van der Waals surface area contributed by atoms with Crippen LogP contribution < -0.4 is 5.43 Å². The lowest BCUT2D eigenvalue weighted by atomic mass is 9.85. The molecule has 21 heavy (non-hydrogen) atoms. The largest absolute Gasteiger partial charge is 0.448 e. The summed E-state index contributed by atoms with van der Waals surface area (Å²) in [7, 11) is 1.50. The van der Waals surface area contributed by atoms with E-state index in [0.717, 1.165) is 19.3 Å². The topological polar surface area (TPSA) is 95.7 Å². The Labute approximate surface area is 121 Å². The quantitative estimate of drug-likeness (QED) is 0.834. The van der Waals surface area contributed by atoms with Crippen LogP contribution in [0.1, 0.15) is 48.5 Å². The van der Waals surface area contributed by atoms with Gasteiger partial charge < -0.3 is 9.32 Å². The molecule has 1 saturated carbocycles. The third-order valence-corrected chi connectivity index (χ3v) is 4.07. The normalized spacial score (nSPS) is 22.7. The van der Waals surface area contributed by atoms with E-state index in [2.05, 4.69) is 10.4 Å². The maximum atomic E-state index is 12.0. The molecule has 1 N–H and O–H groups in total. The summed E-state index contributed by atoms with van der Waals surface area (Å²) in [6.07, 6.45) is 4.40. The van der Waals surface area contributed by atoms with E-state index in [9.17, 15) is 14.4 Å². The fourth-order valence-electron chi connectivity index (χ4n) is 2.27. The van der Waals surface area contributed by atoms with E-state index in [1.165, 1.54) is 18.2 Å². The van der Waals surface area contributed by atoms with Crippen molar-refractivity contribution < 1.29 is 18.8 Å². The van der Waals surface area contributed by atoms with Gasteiger partial charge in [0.05, 0.1) is 0 Å². The molecule has 2 aliphatic rings. The first-order valence-electron chi connectivity index (χ1n) is 6.86. The Kier molecular flexibility index (Phi) is 3.15. The highest BCUT2D eigenvalue weighted by Gasteiger charge is 2.41. The van der Waals surface area contributed by atoms with Gasteiger partial charge in [0.1, 0.15) is 12.3 Å². The molecular weight excluding hydrogens is 276 g/mol. The molecule has 8 heteroatoms. The molecule has 1 aliphatic carbocycles. The van der Waals surface area contributed by atoms with Crippen LogP contribution in [0.5, 0.6) is 0 Å². The van der Waals surface area contributed by atoms with Crippen LogP contribution in [0.15, 0.2) is 10.7 Å². The first-order chi connectivity index (χ1) is 9.99. The van der Waals surface area contributed by atoms with Crippen molar-refractivity contribution in [1.29, 1.82) is 0 Å². The van der Waals surface area contributed by atoms with Crippen molar-refractivity contribution in [3.63, 3.8) is 0 Å². The summed E-state index contributed by atoms with van der Waals surface area (Å²) in [5.74, 6) is -0.296. The number of carbonyl (C=O) groups excluding carboxylic acids is 3. The lowest BCUT2D eigenvalue weighted by Gasteiger charge is -2.21. The highest BCUT2D eigenvalue weighted by molar-refractivity contribution is 6.06. The zero-order chi connectivity index (χ0) is 15.1. The van der Waals surface area contributed by atoms with Gasteiger partial charge >= 0.3 is 6.03 Å². The van der Waals surface area contributed by atoms with Crippen molar-refractivity contribution in [2.24, 2.45) is 0 Å². The zero-order valence-corrected chi connectivity index (χ0v) is 11.8. The predicted molar refractivity (Wildman–Crippen MR) is 70.0 cm³/mol. The van der Waals surface area contributed by atoms with Gasteiger partial charge in [0.2, 0.25) is 0 Å². The molecule has 2 fully saturated rings. The third kappa shape index (κ3) is 2.16. The van der Waals surface area contributed by atoms with Crippen LogP contribution in [0, 0.1) is 0 Å². The number of aromatic nitrogens is 1. The number of imide groups is 1. The molecule has 0 spiro atoms. The second-order valence-corrected chi connectivity index (χ2v) is 5.38. The number of hydrogen-bond donors (Lipinski definition) is 1. The molecule has 1 aromatic heterocycles. The van der Waals surface area contributed by atoms with E-state index in [-0.39, 0.29) is 11.6 Å². The first-order valence-corrected chi connectivity index (χ1v) is 6.86. The standard InChI is InChI=1S/C13H16N4O4/c1-7-12(19)17(13(20)16(7)2)15-10(18)9-6-21-11(14-9)8-4-3-5-8/h6-8H,3-5H2,1-2H3,(H,15,18). The molecule has 3 rings (SSSR count). The van der Waals surface area contributed by atoms with Gasteiger partial charge in [-0.05, 0) is 19.8 Å². The molecule has 1 saturated heterocycles. The van der Waals surface area contributed by atoms with Crippen molar-refractivity contribution in [3.05, 3.63) is 17.8 Å². The Morgan fingerprint density at radius 2 is 2.14 bits per heavy atom. The average molecular weight is 292 g/mol. The summed E-state index contributed by atoms with van der Waals surface area (Å²) >= 11 is 0. The summed E-state index contributed by atoms with van der Waals surface area (Å²) in [6, 6.07) is -1.16. The van der Waals surface area contributed by atoms with E-state index in [4.69, 9.17) is 4.42 Å². The SMILES string of the molecule is CC1C(=O)N(NC(=O)c2coc(C3CCC3)n2)C(=O)N1C. The lowest BCUT2D eigenvalue weighted by molar-refractivity contribution is -0.129. The summed E-state index contributed by atoms with van der Waals surface area (Å²) in [6.45, 7) is 1.59. The van der Waals surface area contributed by atoms with E-state index in [0.29, 0.717) is 10.9 Å². The van der Waals surface area contributed by atoms with Gasteiger partial charge in [-0.2, -0.15) is 5.01 Å². The van der Waals surface area contributed by atoms with Gasteiger partial charge in [0.25, 0.3) is 11.8 Å². The van der Waals surface area contributed by atoms with Gasteiger partial charge in [-0.15, -0.1) is 0 Å². The minimum absolute atomic E-state index is 0.0692. The molecule has 1 atom stereocenters. The van der Waals surface area contributed by atoms with Gasteiger partial charge in [-0.25, -0.2) is 9.78 Å². The fourth-order valence-corrected chi connectivity index (χ4v) is 2.27. The number of carbonyl (C=O) groups is 3.